The van der Waals surface area contributed by atoms with Crippen molar-refractivity contribution in [3.63, 3.8) is 0 Å². The van der Waals surface area contributed by atoms with Crippen LogP contribution in [0, 0.1) is 5.92 Å². The Bertz CT molecular complexity index is 3120. The molecule has 0 aliphatic heterocycles. The molecule has 0 spiro atoms. The summed E-state index contributed by atoms with van der Waals surface area (Å²) in [6.45, 7) is 7.17. The van der Waals surface area contributed by atoms with E-state index in [1.807, 2.05) is 6.07 Å². The van der Waals surface area contributed by atoms with Gasteiger partial charge in [-0.25, -0.2) is 0 Å². The summed E-state index contributed by atoms with van der Waals surface area (Å²) in [6.07, 6.45) is 4.76. The summed E-state index contributed by atoms with van der Waals surface area (Å²) in [5.74, 6) is 0.118. The molecule has 8 aromatic carbocycles. The predicted octanol–water partition coefficient (Wildman–Crippen LogP) is 15.0. The lowest BCUT2D eigenvalue weighted by atomic mass is 9.76. The van der Waals surface area contributed by atoms with Gasteiger partial charge in [0.2, 0.25) is 0 Å². The van der Waals surface area contributed by atoms with Crippen molar-refractivity contribution in [2.75, 3.05) is 4.90 Å². The number of allylic oxidation sites excluding steroid dienone is 2. The van der Waals surface area contributed by atoms with Gasteiger partial charge in [-0.1, -0.05) is 185 Å². The Morgan fingerprint density at radius 3 is 1.98 bits per heavy atom. The molecule has 1 heterocycles. The largest absolute Gasteiger partial charge is 0.455 e. The summed E-state index contributed by atoms with van der Waals surface area (Å²) in [6, 6.07) is 66.6. The molecule has 0 fully saturated rings. The predicted molar refractivity (Wildman–Crippen MR) is 245 cm³/mol. The number of anilines is 2. The minimum atomic E-state index is -0.142. The van der Waals surface area contributed by atoms with Crippen molar-refractivity contribution in [2.24, 2.45) is 5.92 Å². The van der Waals surface area contributed by atoms with Crippen LogP contribution in [0.2, 0.25) is 0 Å². The van der Waals surface area contributed by atoms with Crippen LogP contribution in [0.4, 0.5) is 11.4 Å². The highest BCUT2D eigenvalue weighted by atomic mass is 16.3. The van der Waals surface area contributed by atoms with E-state index in [-0.39, 0.29) is 17.4 Å². The smallest absolute Gasteiger partial charge is 0.143 e. The van der Waals surface area contributed by atoms with Crippen LogP contribution in [0.25, 0.3) is 66.1 Å². The van der Waals surface area contributed by atoms with Gasteiger partial charge < -0.3 is 9.32 Å². The molecule has 0 N–H and O–H groups in total. The molecule has 2 atom stereocenters. The number of fused-ring (bicyclic) bond motifs is 7. The topological polar surface area (TPSA) is 16.4 Å². The monoisotopic (exact) mass is 745 g/mol. The number of benzene rings is 8. The fourth-order valence-corrected chi connectivity index (χ4v) is 10.1. The molecule has 2 heteroatoms. The minimum Gasteiger partial charge on any atom is -0.455 e. The van der Waals surface area contributed by atoms with Crippen LogP contribution in [0.1, 0.15) is 43.0 Å². The van der Waals surface area contributed by atoms with Crippen molar-refractivity contribution in [3.8, 4) is 22.3 Å². The summed E-state index contributed by atoms with van der Waals surface area (Å²) in [4.78, 5) is 2.63. The first-order valence-corrected chi connectivity index (χ1v) is 20.5. The van der Waals surface area contributed by atoms with E-state index in [4.69, 9.17) is 4.42 Å². The molecule has 2 aliphatic carbocycles. The zero-order valence-corrected chi connectivity index (χ0v) is 33.0. The lowest BCUT2D eigenvalue weighted by Crippen LogP contribution is -2.39. The molecule has 2 aliphatic rings. The molecule has 2 nitrogen and oxygen atoms in total. The number of furan rings is 1. The standard InChI is InChI=1S/C56H43NO/c1-36-42(46-26-14-19-37-18-7-8-22-43(37)46)32-33-44(38-16-5-4-6-17-38)54(36)57(41-30-31-48-47-23-9-11-28-51(47)56(2,3)52(48)35-41)40-21-13-20-39(34-40)45-25-15-27-50-49-24-10-12-29-53(49)58-55(45)50/h4-36,54H,1-3H3. The SMILES string of the molecule is CC1C(c2cccc3ccccc23)=CC=C(c2ccccc2)C1N(c1cccc(-c2cccc3c2oc2ccccc23)c1)c1ccc2c(c1)C(C)(C)c1ccccc1-2. The molecular weight excluding hydrogens is 703 g/mol. The Kier molecular flexibility index (Phi) is 7.91. The first-order chi connectivity index (χ1) is 28.5. The molecule has 0 radical (unpaired) electrons. The normalized spacial score (nSPS) is 16.9. The van der Waals surface area contributed by atoms with Crippen molar-refractivity contribution in [1.82, 2.24) is 0 Å². The van der Waals surface area contributed by atoms with Gasteiger partial charge in [0, 0.05) is 39.0 Å². The second-order valence-corrected chi connectivity index (χ2v) is 16.5. The van der Waals surface area contributed by atoms with Gasteiger partial charge in [0.15, 0.2) is 0 Å². The molecule has 0 saturated carbocycles. The summed E-state index contributed by atoms with van der Waals surface area (Å²) >= 11 is 0. The van der Waals surface area contributed by atoms with E-state index >= 15 is 0 Å². The fraction of sp³-hybridized carbons (Fsp3) is 0.107. The van der Waals surface area contributed by atoms with Gasteiger partial charge in [-0.15, -0.1) is 0 Å². The molecule has 9 aromatic rings. The van der Waals surface area contributed by atoms with Gasteiger partial charge in [0.25, 0.3) is 0 Å². The van der Waals surface area contributed by atoms with Gasteiger partial charge in [0.05, 0.1) is 6.04 Å². The Morgan fingerprint density at radius 1 is 0.466 bits per heavy atom. The fourth-order valence-electron chi connectivity index (χ4n) is 10.1. The first-order valence-electron chi connectivity index (χ1n) is 20.5. The third-order valence-electron chi connectivity index (χ3n) is 12.9. The van der Waals surface area contributed by atoms with Gasteiger partial charge >= 0.3 is 0 Å². The zero-order chi connectivity index (χ0) is 39.0. The van der Waals surface area contributed by atoms with Gasteiger partial charge in [-0.05, 0) is 91.2 Å². The third kappa shape index (κ3) is 5.32. The number of nitrogens with zero attached hydrogens (tertiary/aromatic N) is 1. The maximum absolute atomic E-state index is 6.60. The highest BCUT2D eigenvalue weighted by molar-refractivity contribution is 6.09. The average Bonchev–Trinajstić information content (AvgIpc) is 3.76. The van der Waals surface area contributed by atoms with Crippen molar-refractivity contribution >= 4 is 55.2 Å². The van der Waals surface area contributed by atoms with Crippen LogP contribution < -0.4 is 4.90 Å². The summed E-state index contributed by atoms with van der Waals surface area (Å²) in [7, 11) is 0. The first kappa shape index (κ1) is 34.4. The van der Waals surface area contributed by atoms with E-state index in [0.29, 0.717) is 0 Å². The zero-order valence-electron chi connectivity index (χ0n) is 33.0. The lowest BCUT2D eigenvalue weighted by Gasteiger charge is -2.42. The molecule has 278 valence electrons. The van der Waals surface area contributed by atoms with Gasteiger partial charge in [0.1, 0.15) is 11.2 Å². The Morgan fingerprint density at radius 2 is 1.09 bits per heavy atom. The number of hydrogen-bond donors (Lipinski definition) is 0. The van der Waals surface area contributed by atoms with Crippen molar-refractivity contribution in [2.45, 2.75) is 32.2 Å². The molecule has 58 heavy (non-hydrogen) atoms. The van der Waals surface area contributed by atoms with Crippen molar-refractivity contribution < 1.29 is 4.42 Å². The van der Waals surface area contributed by atoms with Gasteiger partial charge in [-0.2, -0.15) is 0 Å². The molecular formula is C56H43NO. The van der Waals surface area contributed by atoms with Crippen molar-refractivity contribution in [1.29, 1.82) is 0 Å². The van der Waals surface area contributed by atoms with E-state index in [2.05, 4.69) is 214 Å². The molecule has 0 amide bonds. The van der Waals surface area contributed by atoms with Crippen LogP contribution >= 0.6 is 0 Å². The third-order valence-corrected chi connectivity index (χ3v) is 12.9. The number of para-hydroxylation sites is 2. The van der Waals surface area contributed by atoms with E-state index < -0.39 is 0 Å². The van der Waals surface area contributed by atoms with Crippen LogP contribution in [-0.4, -0.2) is 6.04 Å². The second kappa shape index (κ2) is 13.4. The quantitative estimate of drug-likeness (QED) is 0.169. The molecule has 0 saturated heterocycles. The lowest BCUT2D eigenvalue weighted by molar-refractivity contribution is 0.636. The molecule has 11 rings (SSSR count). The van der Waals surface area contributed by atoms with E-state index in [0.717, 1.165) is 38.8 Å². The highest BCUT2D eigenvalue weighted by Crippen LogP contribution is 2.52. The molecule has 0 bridgehead atoms. The van der Waals surface area contributed by atoms with Gasteiger partial charge in [-0.3, -0.25) is 0 Å². The number of rotatable bonds is 6. The van der Waals surface area contributed by atoms with Crippen LogP contribution in [0.15, 0.2) is 199 Å². The van der Waals surface area contributed by atoms with Crippen LogP contribution in [0.3, 0.4) is 0 Å². The maximum atomic E-state index is 6.60. The Balaban J connectivity index is 1.14. The Hall–Kier alpha value is -6.90. The summed E-state index contributed by atoms with van der Waals surface area (Å²) < 4.78 is 6.60. The van der Waals surface area contributed by atoms with Crippen LogP contribution in [0.5, 0.6) is 0 Å². The van der Waals surface area contributed by atoms with Crippen LogP contribution in [-0.2, 0) is 5.41 Å². The highest BCUT2D eigenvalue weighted by Gasteiger charge is 2.39. The molecule has 2 unspecified atom stereocenters. The second-order valence-electron chi connectivity index (χ2n) is 16.5. The van der Waals surface area contributed by atoms with E-state index in [1.54, 1.807) is 0 Å². The average molecular weight is 746 g/mol. The summed E-state index contributed by atoms with van der Waals surface area (Å²) in [5, 5.41) is 4.81. The van der Waals surface area contributed by atoms with E-state index in [9.17, 15) is 0 Å². The Labute approximate surface area is 340 Å². The maximum Gasteiger partial charge on any atom is 0.143 e. The van der Waals surface area contributed by atoms with E-state index in [1.165, 1.54) is 61.0 Å². The van der Waals surface area contributed by atoms with Crippen molar-refractivity contribution in [3.05, 3.63) is 216 Å². The number of hydrogen-bond acceptors (Lipinski definition) is 2. The minimum absolute atomic E-state index is 0.0384. The molecule has 1 aromatic heterocycles. The summed E-state index contributed by atoms with van der Waals surface area (Å²) in [5.41, 5.74) is 16.8.